The highest BCUT2D eigenvalue weighted by Crippen LogP contribution is 1.97. The monoisotopic (exact) mass is 224 g/mol. The number of hydrogen-bond donors (Lipinski definition) is 1. The van der Waals surface area contributed by atoms with Crippen molar-refractivity contribution in [3.8, 4) is 0 Å². The molecular weight excluding hydrogens is 204 g/mol. The van der Waals surface area contributed by atoms with Gasteiger partial charge in [0.15, 0.2) is 6.29 Å². The number of ether oxygens (including phenoxy) is 2. The van der Waals surface area contributed by atoms with E-state index in [0.717, 1.165) is 12.1 Å². The molecule has 1 aromatic heterocycles. The fourth-order valence-corrected chi connectivity index (χ4v) is 1.37. The minimum Gasteiger partial charge on any atom is -0.352 e. The van der Waals surface area contributed by atoms with Crippen molar-refractivity contribution in [3.05, 3.63) is 30.1 Å². The lowest BCUT2D eigenvalue weighted by Crippen LogP contribution is -2.31. The fourth-order valence-electron chi connectivity index (χ4n) is 1.37. The second-order valence-electron chi connectivity index (χ2n) is 3.33. The molecule has 0 unspecified atom stereocenters. The molecule has 4 nitrogen and oxygen atoms in total. The van der Waals surface area contributed by atoms with Crippen LogP contribution in [0.2, 0.25) is 0 Å². The van der Waals surface area contributed by atoms with Gasteiger partial charge in [0, 0.05) is 38.7 Å². The molecule has 0 aliphatic heterocycles. The topological polar surface area (TPSA) is 43.4 Å². The Hall–Kier alpha value is -0.970. The zero-order chi connectivity index (χ0) is 11.6. The molecule has 4 heteroatoms. The maximum Gasteiger partial charge on any atom is 0.169 e. The lowest BCUT2D eigenvalue weighted by molar-refractivity contribution is -0.133. The van der Waals surface area contributed by atoms with Gasteiger partial charge < -0.3 is 14.8 Å². The Balaban J connectivity index is 2.22. The zero-order valence-electron chi connectivity index (χ0n) is 9.98. The van der Waals surface area contributed by atoms with Crippen molar-refractivity contribution in [2.75, 3.05) is 19.8 Å². The largest absolute Gasteiger partial charge is 0.352 e. The first-order valence-corrected chi connectivity index (χ1v) is 5.69. The summed E-state index contributed by atoms with van der Waals surface area (Å²) >= 11 is 0. The van der Waals surface area contributed by atoms with Crippen LogP contribution in [-0.2, 0) is 16.0 Å². The summed E-state index contributed by atoms with van der Waals surface area (Å²) in [5.41, 5.74) is 1.16. The molecule has 90 valence electrons. The van der Waals surface area contributed by atoms with E-state index in [4.69, 9.17) is 9.47 Å². The third-order valence-electron chi connectivity index (χ3n) is 2.07. The maximum absolute atomic E-state index is 5.42. The minimum absolute atomic E-state index is 0.160. The van der Waals surface area contributed by atoms with E-state index in [2.05, 4.69) is 10.3 Å². The molecule has 1 heterocycles. The van der Waals surface area contributed by atoms with Gasteiger partial charge in [-0.3, -0.25) is 4.98 Å². The van der Waals surface area contributed by atoms with Gasteiger partial charge in [0.25, 0.3) is 0 Å². The van der Waals surface area contributed by atoms with Gasteiger partial charge >= 0.3 is 0 Å². The number of nitrogens with one attached hydrogen (secondary N) is 1. The molecule has 0 aliphatic rings. The highest BCUT2D eigenvalue weighted by molar-refractivity contribution is 5.07. The summed E-state index contributed by atoms with van der Waals surface area (Å²) in [5.74, 6) is 0. The van der Waals surface area contributed by atoms with E-state index in [1.54, 1.807) is 6.20 Å². The summed E-state index contributed by atoms with van der Waals surface area (Å²) in [4.78, 5) is 4.05. The van der Waals surface area contributed by atoms with Crippen molar-refractivity contribution >= 4 is 0 Å². The van der Waals surface area contributed by atoms with Crippen LogP contribution in [-0.4, -0.2) is 31.0 Å². The lowest BCUT2D eigenvalue weighted by atomic mass is 10.3. The molecule has 0 saturated heterocycles. The van der Waals surface area contributed by atoms with Gasteiger partial charge in [-0.25, -0.2) is 0 Å². The standard InChI is InChI=1S/C12H20N2O2/c1-3-15-12(16-4-2)10-14-9-11-6-5-7-13-8-11/h5-8,12,14H,3-4,9-10H2,1-2H3. The van der Waals surface area contributed by atoms with Gasteiger partial charge in [0.1, 0.15) is 0 Å². The first kappa shape index (κ1) is 13.1. The second kappa shape index (κ2) is 8.21. The Kier molecular flexibility index (Phi) is 6.72. The Morgan fingerprint density at radius 3 is 2.62 bits per heavy atom. The zero-order valence-corrected chi connectivity index (χ0v) is 9.98. The van der Waals surface area contributed by atoms with E-state index in [1.165, 1.54) is 0 Å². The highest BCUT2D eigenvalue weighted by Gasteiger charge is 2.06. The number of aromatic nitrogens is 1. The minimum atomic E-state index is -0.160. The Morgan fingerprint density at radius 1 is 1.31 bits per heavy atom. The van der Waals surface area contributed by atoms with Gasteiger partial charge in [-0.05, 0) is 25.5 Å². The van der Waals surface area contributed by atoms with E-state index >= 15 is 0 Å². The van der Waals surface area contributed by atoms with Gasteiger partial charge in [0.2, 0.25) is 0 Å². The average Bonchev–Trinajstić information content (AvgIpc) is 2.31. The molecule has 0 aromatic carbocycles. The van der Waals surface area contributed by atoms with Crippen molar-refractivity contribution in [2.45, 2.75) is 26.7 Å². The van der Waals surface area contributed by atoms with Gasteiger partial charge in [-0.1, -0.05) is 6.07 Å². The molecule has 1 rings (SSSR count). The Morgan fingerprint density at radius 2 is 2.06 bits per heavy atom. The molecule has 0 spiro atoms. The van der Waals surface area contributed by atoms with Crippen LogP contribution < -0.4 is 5.32 Å². The van der Waals surface area contributed by atoms with Crippen LogP contribution >= 0.6 is 0 Å². The maximum atomic E-state index is 5.42. The Labute approximate surface area is 97.0 Å². The first-order valence-electron chi connectivity index (χ1n) is 5.69. The third-order valence-corrected chi connectivity index (χ3v) is 2.07. The van der Waals surface area contributed by atoms with Crippen LogP contribution in [0.3, 0.4) is 0 Å². The molecule has 0 atom stereocenters. The number of pyridine rings is 1. The van der Waals surface area contributed by atoms with Crippen molar-refractivity contribution in [1.82, 2.24) is 10.3 Å². The van der Waals surface area contributed by atoms with Gasteiger partial charge in [-0.2, -0.15) is 0 Å². The highest BCUT2D eigenvalue weighted by atomic mass is 16.7. The van der Waals surface area contributed by atoms with Crippen LogP contribution in [0.4, 0.5) is 0 Å². The van der Waals surface area contributed by atoms with E-state index in [-0.39, 0.29) is 6.29 Å². The van der Waals surface area contributed by atoms with E-state index in [1.807, 2.05) is 32.2 Å². The summed E-state index contributed by atoms with van der Waals surface area (Å²) in [7, 11) is 0. The molecule has 0 saturated carbocycles. The molecule has 16 heavy (non-hydrogen) atoms. The van der Waals surface area contributed by atoms with Crippen molar-refractivity contribution in [3.63, 3.8) is 0 Å². The molecule has 1 N–H and O–H groups in total. The average molecular weight is 224 g/mol. The summed E-state index contributed by atoms with van der Waals surface area (Å²) < 4.78 is 10.8. The fraction of sp³-hybridized carbons (Fsp3) is 0.583. The quantitative estimate of drug-likeness (QED) is 0.681. The van der Waals surface area contributed by atoms with Crippen LogP contribution in [0, 0.1) is 0 Å². The second-order valence-corrected chi connectivity index (χ2v) is 3.33. The molecule has 0 amide bonds. The summed E-state index contributed by atoms with van der Waals surface area (Å²) in [6, 6.07) is 3.97. The normalized spacial score (nSPS) is 10.9. The van der Waals surface area contributed by atoms with E-state index in [9.17, 15) is 0 Å². The van der Waals surface area contributed by atoms with Crippen molar-refractivity contribution < 1.29 is 9.47 Å². The first-order chi connectivity index (χ1) is 7.86. The molecule has 0 fully saturated rings. The number of nitrogens with zero attached hydrogens (tertiary/aromatic N) is 1. The van der Waals surface area contributed by atoms with Crippen LogP contribution in [0.25, 0.3) is 0 Å². The SMILES string of the molecule is CCOC(CNCc1cccnc1)OCC. The molecule has 0 aliphatic carbocycles. The molecule has 0 bridgehead atoms. The molecular formula is C12H20N2O2. The van der Waals surface area contributed by atoms with Crippen molar-refractivity contribution in [1.29, 1.82) is 0 Å². The summed E-state index contributed by atoms with van der Waals surface area (Å²) in [6.07, 6.45) is 3.46. The Bertz CT molecular complexity index is 261. The predicted molar refractivity (Wildman–Crippen MR) is 63.0 cm³/mol. The van der Waals surface area contributed by atoms with Crippen LogP contribution in [0.15, 0.2) is 24.5 Å². The predicted octanol–water partition coefficient (Wildman–Crippen LogP) is 1.57. The number of hydrogen-bond acceptors (Lipinski definition) is 4. The molecule has 0 radical (unpaired) electrons. The number of rotatable bonds is 8. The molecule has 1 aromatic rings. The summed E-state index contributed by atoms with van der Waals surface area (Å²) in [6.45, 7) is 6.74. The smallest absolute Gasteiger partial charge is 0.169 e. The third kappa shape index (κ3) is 5.21. The van der Waals surface area contributed by atoms with Crippen molar-refractivity contribution in [2.24, 2.45) is 0 Å². The van der Waals surface area contributed by atoms with E-state index < -0.39 is 0 Å². The van der Waals surface area contributed by atoms with Gasteiger partial charge in [0.05, 0.1) is 0 Å². The van der Waals surface area contributed by atoms with Crippen LogP contribution in [0.1, 0.15) is 19.4 Å². The van der Waals surface area contributed by atoms with Crippen LogP contribution in [0.5, 0.6) is 0 Å². The summed E-state index contributed by atoms with van der Waals surface area (Å²) in [5, 5.41) is 3.28. The van der Waals surface area contributed by atoms with Gasteiger partial charge in [-0.15, -0.1) is 0 Å². The van der Waals surface area contributed by atoms with E-state index in [0.29, 0.717) is 19.8 Å². The lowest BCUT2D eigenvalue weighted by Gasteiger charge is -2.17.